The van der Waals surface area contributed by atoms with Crippen molar-refractivity contribution in [2.24, 2.45) is 5.92 Å². The normalized spacial score (nSPS) is 34.0. The topological polar surface area (TPSA) is 9.23 Å². The largest absolute Gasteiger partial charge is 0.369 e. The lowest BCUT2D eigenvalue weighted by Crippen LogP contribution is -2.53. The molecule has 0 N–H and O–H groups in total. The van der Waals surface area contributed by atoms with Gasteiger partial charge in [-0.3, -0.25) is 0 Å². The molecule has 1 aromatic heterocycles. The Bertz CT molecular complexity index is 342. The van der Waals surface area contributed by atoms with Crippen molar-refractivity contribution in [3.63, 3.8) is 0 Å². The quantitative estimate of drug-likeness (QED) is 0.644. The van der Waals surface area contributed by atoms with Gasteiger partial charge in [0.2, 0.25) is 0 Å². The summed E-state index contributed by atoms with van der Waals surface area (Å²) in [6.45, 7) is 8.86. The lowest BCUT2D eigenvalue weighted by atomic mass is 9.69. The molecular formula is C15H24OS. The average Bonchev–Trinajstić information content (AvgIpc) is 2.68. The first-order valence-electron chi connectivity index (χ1n) is 6.62. The maximum atomic E-state index is 6.06. The van der Waals surface area contributed by atoms with E-state index in [1.807, 2.05) is 0 Å². The predicted octanol–water partition coefficient (Wildman–Crippen LogP) is 4.80. The number of thiophene rings is 1. The van der Waals surface area contributed by atoms with Crippen molar-refractivity contribution < 1.29 is 4.74 Å². The number of aryl methyl sites for hydroxylation is 1. The van der Waals surface area contributed by atoms with E-state index in [0.717, 1.165) is 5.92 Å². The van der Waals surface area contributed by atoms with Gasteiger partial charge in [-0.05, 0) is 70.7 Å². The van der Waals surface area contributed by atoms with Gasteiger partial charge in [-0.1, -0.05) is 6.07 Å². The molecule has 2 bridgehead atoms. The van der Waals surface area contributed by atoms with Crippen LogP contribution in [0.2, 0.25) is 0 Å². The second-order valence-corrected chi connectivity index (χ2v) is 7.31. The van der Waals surface area contributed by atoms with E-state index in [0.29, 0.717) is 0 Å². The van der Waals surface area contributed by atoms with Crippen LogP contribution in [0, 0.1) is 12.8 Å². The van der Waals surface area contributed by atoms with Crippen LogP contribution >= 0.6 is 11.3 Å². The van der Waals surface area contributed by atoms with Gasteiger partial charge >= 0.3 is 0 Å². The van der Waals surface area contributed by atoms with E-state index in [1.54, 1.807) is 11.3 Å². The van der Waals surface area contributed by atoms with Crippen molar-refractivity contribution in [3.05, 3.63) is 22.4 Å². The van der Waals surface area contributed by atoms with Gasteiger partial charge in [0.15, 0.2) is 0 Å². The van der Waals surface area contributed by atoms with Crippen LogP contribution in [0.5, 0.6) is 0 Å². The third-order valence-corrected chi connectivity index (χ3v) is 5.00. The molecule has 3 aliphatic rings. The highest BCUT2D eigenvalue weighted by molar-refractivity contribution is 7.09. The van der Waals surface area contributed by atoms with Crippen LogP contribution in [0.15, 0.2) is 17.5 Å². The Morgan fingerprint density at radius 2 is 1.88 bits per heavy atom. The van der Waals surface area contributed by atoms with E-state index < -0.39 is 0 Å². The molecule has 0 aromatic carbocycles. The smallest absolute Gasteiger partial charge is 0.0662 e. The fraction of sp³-hybridized carbons (Fsp3) is 0.733. The molecule has 3 fully saturated rings. The monoisotopic (exact) mass is 252 g/mol. The molecule has 4 rings (SSSR count). The predicted molar refractivity (Wildman–Crippen MR) is 74.6 cm³/mol. The summed E-state index contributed by atoms with van der Waals surface area (Å²) in [5, 5.41) is 2.08. The fourth-order valence-electron chi connectivity index (χ4n) is 3.10. The second-order valence-electron chi connectivity index (χ2n) is 6.15. The minimum absolute atomic E-state index is 0.158. The third-order valence-electron chi connectivity index (χ3n) is 4.20. The van der Waals surface area contributed by atoms with Crippen molar-refractivity contribution in [1.29, 1.82) is 0 Å². The van der Waals surface area contributed by atoms with Gasteiger partial charge in [0.05, 0.1) is 11.2 Å². The van der Waals surface area contributed by atoms with Crippen LogP contribution < -0.4 is 0 Å². The summed E-state index contributed by atoms with van der Waals surface area (Å²) in [4.78, 5) is 1.38. The molecule has 17 heavy (non-hydrogen) atoms. The van der Waals surface area contributed by atoms with Crippen LogP contribution in [0.4, 0.5) is 0 Å². The lowest BCUT2D eigenvalue weighted by molar-refractivity contribution is -0.229. The van der Waals surface area contributed by atoms with Gasteiger partial charge in [-0.2, -0.15) is 0 Å². The van der Waals surface area contributed by atoms with Gasteiger partial charge in [0.25, 0.3) is 0 Å². The van der Waals surface area contributed by atoms with Crippen molar-refractivity contribution in [3.8, 4) is 0 Å². The summed E-state index contributed by atoms with van der Waals surface area (Å²) in [5.41, 5.74) is 0.378. The van der Waals surface area contributed by atoms with E-state index in [2.05, 4.69) is 45.2 Å². The van der Waals surface area contributed by atoms with Crippen LogP contribution in [0.3, 0.4) is 0 Å². The van der Waals surface area contributed by atoms with Crippen LogP contribution in [-0.4, -0.2) is 11.2 Å². The standard InChI is InChI=1S/C10H18O.C5H6S/c1-9(2)8-4-6-10(3,11-9)7-5-8;1-5-3-2-4-6-5/h8H,4-7H2,1-3H3;2-4H,1H3/t8-,10+;. The Morgan fingerprint density at radius 1 is 1.24 bits per heavy atom. The van der Waals surface area contributed by atoms with E-state index in [4.69, 9.17) is 4.74 Å². The summed E-state index contributed by atoms with van der Waals surface area (Å²) in [6, 6.07) is 4.16. The molecule has 0 atom stereocenters. The third kappa shape index (κ3) is 3.11. The first-order chi connectivity index (χ1) is 7.91. The summed E-state index contributed by atoms with van der Waals surface area (Å²) >= 11 is 1.78. The minimum atomic E-state index is 0.158. The number of hydrogen-bond donors (Lipinski definition) is 0. The molecule has 1 saturated carbocycles. The number of rotatable bonds is 0. The van der Waals surface area contributed by atoms with Gasteiger partial charge < -0.3 is 4.74 Å². The Hall–Kier alpha value is -0.340. The molecule has 0 unspecified atom stereocenters. The van der Waals surface area contributed by atoms with Gasteiger partial charge in [-0.15, -0.1) is 11.3 Å². The summed E-state index contributed by atoms with van der Waals surface area (Å²) in [6.07, 6.45) is 5.31. The van der Waals surface area contributed by atoms with Gasteiger partial charge in [0, 0.05) is 4.88 Å². The number of ether oxygens (including phenoxy) is 1. The zero-order valence-electron chi connectivity index (χ0n) is 11.5. The van der Waals surface area contributed by atoms with Crippen molar-refractivity contribution in [1.82, 2.24) is 0 Å². The molecule has 1 nitrogen and oxygen atoms in total. The SMILES string of the molecule is CC1(C)O[C@]2(C)CC[C@H]1CC2.Cc1cccs1. The zero-order valence-corrected chi connectivity index (χ0v) is 12.3. The molecule has 2 heteroatoms. The first kappa shape index (κ1) is 13.1. The summed E-state index contributed by atoms with van der Waals surface area (Å²) in [5.74, 6) is 0.823. The molecule has 96 valence electrons. The number of fused-ring (bicyclic) bond motifs is 3. The van der Waals surface area contributed by atoms with Crippen molar-refractivity contribution in [2.75, 3.05) is 0 Å². The minimum Gasteiger partial charge on any atom is -0.369 e. The van der Waals surface area contributed by atoms with Crippen LogP contribution in [0.25, 0.3) is 0 Å². The Balaban J connectivity index is 0.000000153. The number of hydrogen-bond acceptors (Lipinski definition) is 2. The lowest BCUT2D eigenvalue weighted by Gasteiger charge is -2.54. The molecule has 0 spiro atoms. The molecular weight excluding hydrogens is 228 g/mol. The van der Waals surface area contributed by atoms with Crippen LogP contribution in [0.1, 0.15) is 51.3 Å². The van der Waals surface area contributed by atoms with Crippen molar-refractivity contribution in [2.45, 2.75) is 64.6 Å². The van der Waals surface area contributed by atoms with E-state index in [1.165, 1.54) is 30.6 Å². The molecule has 2 aliphatic heterocycles. The molecule has 2 saturated heterocycles. The maximum absolute atomic E-state index is 6.06. The summed E-state index contributed by atoms with van der Waals surface area (Å²) in [7, 11) is 0. The van der Waals surface area contributed by atoms with E-state index in [9.17, 15) is 0 Å². The maximum Gasteiger partial charge on any atom is 0.0662 e. The highest BCUT2D eigenvalue weighted by atomic mass is 32.1. The van der Waals surface area contributed by atoms with E-state index >= 15 is 0 Å². The average molecular weight is 252 g/mol. The van der Waals surface area contributed by atoms with Gasteiger partial charge in [-0.25, -0.2) is 0 Å². The molecule has 0 radical (unpaired) electrons. The summed E-state index contributed by atoms with van der Waals surface area (Å²) < 4.78 is 6.06. The molecule has 1 aromatic rings. The highest BCUT2D eigenvalue weighted by Crippen LogP contribution is 2.49. The van der Waals surface area contributed by atoms with E-state index in [-0.39, 0.29) is 11.2 Å². The van der Waals surface area contributed by atoms with Crippen molar-refractivity contribution >= 4 is 11.3 Å². The Morgan fingerprint density at radius 3 is 2.12 bits per heavy atom. The molecule has 1 aliphatic carbocycles. The first-order valence-corrected chi connectivity index (χ1v) is 7.50. The Kier molecular flexibility index (Phi) is 3.65. The second kappa shape index (κ2) is 4.74. The fourth-order valence-corrected chi connectivity index (χ4v) is 3.63. The molecule has 0 amide bonds. The van der Waals surface area contributed by atoms with Gasteiger partial charge in [0.1, 0.15) is 0 Å². The zero-order chi connectivity index (χ0) is 12.5. The highest BCUT2D eigenvalue weighted by Gasteiger charge is 2.47. The van der Waals surface area contributed by atoms with Crippen LogP contribution in [-0.2, 0) is 4.74 Å². The Labute approximate surface area is 109 Å². The molecule has 3 heterocycles.